The third-order valence-electron chi connectivity index (χ3n) is 7.46. The number of halogens is 1. The summed E-state index contributed by atoms with van der Waals surface area (Å²) in [6.07, 6.45) is 5.55. The Kier molecular flexibility index (Phi) is 6.60. The van der Waals surface area contributed by atoms with E-state index in [1.165, 1.54) is 0 Å². The molecule has 8 heteroatoms. The normalized spacial score (nSPS) is 28.4. The van der Waals surface area contributed by atoms with Crippen molar-refractivity contribution in [2.45, 2.75) is 76.9 Å². The minimum atomic E-state index is -0.960. The minimum Gasteiger partial charge on any atom is -0.410 e. The highest BCUT2D eigenvalue weighted by molar-refractivity contribution is 5.86. The number of primary amides is 1. The highest BCUT2D eigenvalue weighted by Crippen LogP contribution is 2.44. The van der Waals surface area contributed by atoms with E-state index in [1.807, 2.05) is 16.7 Å². The van der Waals surface area contributed by atoms with Crippen molar-refractivity contribution >= 4 is 17.7 Å². The summed E-state index contributed by atoms with van der Waals surface area (Å²) in [5, 5.41) is 9.81. The van der Waals surface area contributed by atoms with Crippen molar-refractivity contribution in [1.29, 1.82) is 0 Å². The van der Waals surface area contributed by atoms with Crippen LogP contribution in [0, 0.1) is 11.2 Å². The molecule has 2 heterocycles. The van der Waals surface area contributed by atoms with Gasteiger partial charge in [0.2, 0.25) is 5.91 Å². The number of benzene rings is 1. The number of amides is 2. The van der Waals surface area contributed by atoms with Crippen molar-refractivity contribution in [2.75, 3.05) is 24.5 Å². The number of anilines is 1. The van der Waals surface area contributed by atoms with Gasteiger partial charge in [0.05, 0.1) is 17.2 Å². The summed E-state index contributed by atoms with van der Waals surface area (Å²) in [7, 11) is 0. The van der Waals surface area contributed by atoms with Gasteiger partial charge in [-0.1, -0.05) is 13.3 Å². The number of hydrogen-bond acceptors (Lipinski definition) is 5. The van der Waals surface area contributed by atoms with Crippen molar-refractivity contribution in [2.24, 2.45) is 11.1 Å². The molecule has 2 amide bonds. The molecule has 1 spiro atoms. The van der Waals surface area contributed by atoms with Crippen molar-refractivity contribution < 1.29 is 23.8 Å². The molecule has 0 radical (unpaired) electrons. The lowest BCUT2D eigenvalue weighted by atomic mass is 9.78. The van der Waals surface area contributed by atoms with Crippen LogP contribution in [0.4, 0.5) is 14.9 Å². The third kappa shape index (κ3) is 4.29. The van der Waals surface area contributed by atoms with E-state index in [9.17, 15) is 14.7 Å². The Morgan fingerprint density at radius 3 is 2.69 bits per heavy atom. The molecule has 1 atom stereocenters. The Balaban J connectivity index is 1.55. The fourth-order valence-electron chi connectivity index (χ4n) is 5.80. The molecule has 1 aromatic carbocycles. The van der Waals surface area contributed by atoms with Crippen LogP contribution < -0.4 is 15.4 Å². The topological polar surface area (TPSA) is 96.1 Å². The fraction of sp³-hybridized carbons (Fsp3) is 0.667. The number of rotatable bonds is 5. The van der Waals surface area contributed by atoms with Gasteiger partial charge >= 0.3 is 6.09 Å². The lowest BCUT2D eigenvalue weighted by Gasteiger charge is -2.41. The van der Waals surface area contributed by atoms with E-state index in [2.05, 4.69) is 0 Å². The van der Waals surface area contributed by atoms with Gasteiger partial charge in [-0.15, -0.1) is 0 Å². The van der Waals surface area contributed by atoms with Crippen molar-refractivity contribution in [3.8, 4) is 5.75 Å². The third-order valence-corrected chi connectivity index (χ3v) is 7.46. The molecule has 1 saturated carbocycles. The maximum atomic E-state index is 15.5. The Labute approximate surface area is 188 Å². The van der Waals surface area contributed by atoms with Crippen LogP contribution in [0.2, 0.25) is 0 Å². The van der Waals surface area contributed by atoms with Crippen LogP contribution in [0.15, 0.2) is 12.1 Å². The largest absolute Gasteiger partial charge is 0.410 e. The summed E-state index contributed by atoms with van der Waals surface area (Å²) in [4.78, 5) is 28.8. The molecule has 0 aromatic heterocycles. The van der Waals surface area contributed by atoms with E-state index < -0.39 is 17.3 Å². The van der Waals surface area contributed by atoms with E-state index in [4.69, 9.17) is 10.5 Å². The Morgan fingerprint density at radius 2 is 2.00 bits per heavy atom. The Morgan fingerprint density at radius 1 is 1.25 bits per heavy atom. The quantitative estimate of drug-likeness (QED) is 0.722. The Bertz CT molecular complexity index is 871. The number of hydrogen-bond donors (Lipinski definition) is 2. The summed E-state index contributed by atoms with van der Waals surface area (Å²) in [5.41, 5.74) is 5.47. The predicted octanol–water partition coefficient (Wildman–Crippen LogP) is 3.36. The number of aliphatic hydroxyl groups excluding tert-OH is 1. The van der Waals surface area contributed by atoms with Gasteiger partial charge in [0.25, 0.3) is 0 Å². The number of likely N-dealkylation sites (tertiary alicyclic amines) is 1. The molecule has 2 aliphatic heterocycles. The highest BCUT2D eigenvalue weighted by atomic mass is 19.1. The summed E-state index contributed by atoms with van der Waals surface area (Å²) in [5.74, 6) is -0.0485. The lowest BCUT2D eigenvalue weighted by Crippen LogP contribution is -2.50. The number of carbonyl (C=O) groups is 2. The van der Waals surface area contributed by atoms with Crippen LogP contribution in [0.5, 0.6) is 5.75 Å². The fourth-order valence-corrected chi connectivity index (χ4v) is 5.80. The number of piperidine rings is 1. The van der Waals surface area contributed by atoms with E-state index in [0.29, 0.717) is 37.2 Å². The number of aliphatic hydroxyl groups is 1. The molecule has 1 aromatic rings. The molecule has 176 valence electrons. The van der Waals surface area contributed by atoms with Crippen LogP contribution >= 0.6 is 0 Å². The first kappa shape index (κ1) is 22.8. The molecular formula is C24H34FN3O4. The molecule has 1 aliphatic carbocycles. The van der Waals surface area contributed by atoms with Gasteiger partial charge in [0.1, 0.15) is 5.75 Å². The highest BCUT2D eigenvalue weighted by Gasteiger charge is 2.51. The van der Waals surface area contributed by atoms with Crippen LogP contribution in [-0.4, -0.2) is 53.8 Å². The van der Waals surface area contributed by atoms with Crippen LogP contribution in [0.3, 0.4) is 0 Å². The predicted molar refractivity (Wildman–Crippen MR) is 119 cm³/mol. The van der Waals surface area contributed by atoms with Gasteiger partial charge in [-0.25, -0.2) is 9.18 Å². The molecular weight excluding hydrogens is 413 g/mol. The second-order valence-electron chi connectivity index (χ2n) is 9.56. The number of nitrogens with two attached hydrogens (primary N) is 1. The SMILES string of the molecule is CCCc1c(OC(N)=O)ccc(N2CCC[C@@]3(CCN(C4CCC(O)CC4)C3=O)C2)c1F. The number of nitrogens with zero attached hydrogens (tertiary/aromatic N) is 2. The van der Waals surface area contributed by atoms with Crippen molar-refractivity contribution in [3.05, 3.63) is 23.5 Å². The molecule has 3 N–H and O–H groups in total. The van der Waals surface area contributed by atoms with E-state index >= 15 is 4.39 Å². The van der Waals surface area contributed by atoms with Gasteiger partial charge in [0.15, 0.2) is 5.82 Å². The summed E-state index contributed by atoms with van der Waals surface area (Å²) < 4.78 is 20.6. The average Bonchev–Trinajstić information content (AvgIpc) is 3.06. The summed E-state index contributed by atoms with van der Waals surface area (Å²) in [6, 6.07) is 3.44. The van der Waals surface area contributed by atoms with Crippen LogP contribution in [-0.2, 0) is 11.2 Å². The van der Waals surface area contributed by atoms with Crippen molar-refractivity contribution in [1.82, 2.24) is 4.90 Å². The zero-order chi connectivity index (χ0) is 22.9. The molecule has 3 fully saturated rings. The lowest BCUT2D eigenvalue weighted by molar-refractivity contribution is -0.139. The van der Waals surface area contributed by atoms with E-state index in [-0.39, 0.29) is 23.8 Å². The van der Waals surface area contributed by atoms with Gasteiger partial charge in [-0.05, 0) is 63.5 Å². The van der Waals surface area contributed by atoms with Crippen molar-refractivity contribution in [3.63, 3.8) is 0 Å². The maximum absolute atomic E-state index is 15.5. The molecule has 7 nitrogen and oxygen atoms in total. The first-order valence-electron chi connectivity index (χ1n) is 11.9. The molecule has 4 rings (SSSR count). The van der Waals surface area contributed by atoms with E-state index in [1.54, 1.807) is 12.1 Å². The number of carbonyl (C=O) groups excluding carboxylic acids is 2. The molecule has 3 aliphatic rings. The van der Waals surface area contributed by atoms with Crippen LogP contribution in [0.1, 0.15) is 63.9 Å². The first-order chi connectivity index (χ1) is 15.3. The van der Waals surface area contributed by atoms with E-state index in [0.717, 1.165) is 51.5 Å². The summed E-state index contributed by atoms with van der Waals surface area (Å²) in [6.45, 7) is 3.85. The van der Waals surface area contributed by atoms with Gasteiger partial charge in [-0.2, -0.15) is 0 Å². The molecule has 2 saturated heterocycles. The maximum Gasteiger partial charge on any atom is 0.409 e. The standard InChI is InChI=1S/C24H34FN3O4/c1-2-4-18-20(32-23(26)31)10-9-19(21(18)25)27-13-3-11-24(15-27)12-14-28(22(24)30)16-5-7-17(29)8-6-16/h9-10,16-17,29H,2-8,11-15H2,1H3,(H2,26,31)/t16?,17?,24-/m1/s1. The zero-order valence-corrected chi connectivity index (χ0v) is 18.8. The zero-order valence-electron chi connectivity index (χ0n) is 18.8. The first-order valence-corrected chi connectivity index (χ1v) is 11.9. The monoisotopic (exact) mass is 447 g/mol. The number of ether oxygens (including phenoxy) is 1. The second kappa shape index (κ2) is 9.25. The minimum absolute atomic E-state index is 0.162. The average molecular weight is 448 g/mol. The van der Waals surface area contributed by atoms with Gasteiger partial charge < -0.3 is 25.4 Å². The molecule has 0 unspecified atom stereocenters. The smallest absolute Gasteiger partial charge is 0.409 e. The van der Waals surface area contributed by atoms with Gasteiger partial charge in [-0.3, -0.25) is 4.79 Å². The van der Waals surface area contributed by atoms with Crippen LogP contribution in [0.25, 0.3) is 0 Å². The molecule has 0 bridgehead atoms. The van der Waals surface area contributed by atoms with Gasteiger partial charge in [0, 0.05) is 31.2 Å². The summed E-state index contributed by atoms with van der Waals surface area (Å²) >= 11 is 0. The second-order valence-corrected chi connectivity index (χ2v) is 9.56. The Hall–Kier alpha value is -2.35. The molecule has 32 heavy (non-hydrogen) atoms.